The van der Waals surface area contributed by atoms with E-state index in [1.807, 2.05) is 54.7 Å². The van der Waals surface area contributed by atoms with Crippen LogP contribution in [-0.2, 0) is 28.6 Å². The van der Waals surface area contributed by atoms with Gasteiger partial charge < -0.3 is 14.2 Å². The van der Waals surface area contributed by atoms with Crippen molar-refractivity contribution in [3.05, 3.63) is 85.1 Å². The van der Waals surface area contributed by atoms with Gasteiger partial charge in [-0.2, -0.15) is 0 Å². The summed E-state index contributed by atoms with van der Waals surface area (Å²) in [5.41, 5.74) is 0. The van der Waals surface area contributed by atoms with Crippen molar-refractivity contribution < 1.29 is 28.6 Å². The molecule has 0 aliphatic rings. The first-order valence-electron chi connectivity index (χ1n) is 27.2. The van der Waals surface area contributed by atoms with Crippen molar-refractivity contribution in [1.29, 1.82) is 0 Å². The lowest BCUT2D eigenvalue weighted by Crippen LogP contribution is -2.30. The average molecular weight is 905 g/mol. The lowest BCUT2D eigenvalue weighted by molar-refractivity contribution is -0.167. The second-order valence-corrected chi connectivity index (χ2v) is 17.9. The summed E-state index contributed by atoms with van der Waals surface area (Å²) in [6, 6.07) is 0. The van der Waals surface area contributed by atoms with Crippen molar-refractivity contribution in [1.82, 2.24) is 0 Å². The number of carbonyl (C=O) groups is 3. The standard InChI is InChI=1S/C59H100O6/c1-4-7-10-13-16-19-22-25-27-28-29-30-32-34-37-40-43-46-49-52-58(61)64-55-56(54-63-57(60)51-48-45-42-39-36-33-24-21-18-15-12-9-6-3)65-59(62)53-50-47-44-41-38-35-31-26-23-20-17-14-11-8-5-2/h9,12,15,17-18,20-21,23-24,26,33,36,39,42,56H,4-8,10-11,13-14,16,19,22,25,27-32,34-35,37-38,40-41,43-55H2,1-3H3/b12-9-,18-15-,20-17-,24-21-,26-23-,36-33-,42-39-. The zero-order valence-corrected chi connectivity index (χ0v) is 42.5. The highest BCUT2D eigenvalue weighted by molar-refractivity contribution is 5.71. The number of allylic oxidation sites excluding steroid dienone is 14. The fourth-order valence-corrected chi connectivity index (χ4v) is 7.46. The van der Waals surface area contributed by atoms with Gasteiger partial charge in [0.25, 0.3) is 0 Å². The van der Waals surface area contributed by atoms with Crippen molar-refractivity contribution in [3.63, 3.8) is 0 Å². The Hall–Kier alpha value is -3.41. The Bertz CT molecular complexity index is 1270. The smallest absolute Gasteiger partial charge is 0.306 e. The molecular weight excluding hydrogens is 805 g/mol. The minimum atomic E-state index is -0.810. The van der Waals surface area contributed by atoms with Gasteiger partial charge in [0.05, 0.1) is 0 Å². The summed E-state index contributed by atoms with van der Waals surface area (Å²) in [4.78, 5) is 38.0. The van der Waals surface area contributed by atoms with Crippen molar-refractivity contribution >= 4 is 17.9 Å². The Morgan fingerprint density at radius 2 is 0.615 bits per heavy atom. The molecule has 6 heteroatoms. The normalized spacial score (nSPS) is 12.7. The van der Waals surface area contributed by atoms with Gasteiger partial charge in [-0.3, -0.25) is 14.4 Å². The Morgan fingerprint density at radius 3 is 1.05 bits per heavy atom. The van der Waals surface area contributed by atoms with Crippen LogP contribution in [0.1, 0.15) is 252 Å². The minimum Gasteiger partial charge on any atom is -0.462 e. The third kappa shape index (κ3) is 51.4. The predicted octanol–water partition coefficient (Wildman–Crippen LogP) is 18.0. The summed E-state index contributed by atoms with van der Waals surface area (Å²) < 4.78 is 16.7. The van der Waals surface area contributed by atoms with E-state index >= 15 is 0 Å². The molecule has 0 aliphatic heterocycles. The van der Waals surface area contributed by atoms with E-state index < -0.39 is 6.10 Å². The molecule has 0 rings (SSSR count). The molecule has 0 aromatic heterocycles. The molecule has 0 spiro atoms. The monoisotopic (exact) mass is 905 g/mol. The van der Waals surface area contributed by atoms with Crippen LogP contribution in [0, 0.1) is 0 Å². The maximum absolute atomic E-state index is 12.8. The Kier molecular flexibility index (Phi) is 50.4. The van der Waals surface area contributed by atoms with E-state index in [0.717, 1.165) is 64.2 Å². The lowest BCUT2D eigenvalue weighted by atomic mass is 10.0. The van der Waals surface area contributed by atoms with E-state index in [9.17, 15) is 14.4 Å². The fourth-order valence-electron chi connectivity index (χ4n) is 7.46. The second-order valence-electron chi connectivity index (χ2n) is 17.9. The summed E-state index contributed by atoms with van der Waals surface area (Å²) in [6.45, 7) is 6.40. The summed E-state index contributed by atoms with van der Waals surface area (Å²) in [5, 5.41) is 0. The van der Waals surface area contributed by atoms with Gasteiger partial charge in [0, 0.05) is 19.3 Å². The zero-order chi connectivity index (χ0) is 47.2. The fraction of sp³-hybridized carbons (Fsp3) is 0.712. The molecule has 0 bridgehead atoms. The third-order valence-corrected chi connectivity index (χ3v) is 11.5. The van der Waals surface area contributed by atoms with Crippen molar-refractivity contribution in [3.8, 4) is 0 Å². The van der Waals surface area contributed by atoms with Gasteiger partial charge in [0.1, 0.15) is 13.2 Å². The van der Waals surface area contributed by atoms with Gasteiger partial charge >= 0.3 is 17.9 Å². The van der Waals surface area contributed by atoms with Crippen molar-refractivity contribution in [2.45, 2.75) is 258 Å². The van der Waals surface area contributed by atoms with Crippen LogP contribution in [0.25, 0.3) is 0 Å². The van der Waals surface area contributed by atoms with Gasteiger partial charge in [-0.1, -0.05) is 260 Å². The molecule has 0 saturated carbocycles. The van der Waals surface area contributed by atoms with Crippen LogP contribution in [0.4, 0.5) is 0 Å². The van der Waals surface area contributed by atoms with E-state index in [4.69, 9.17) is 14.2 Å². The highest BCUT2D eigenvalue weighted by Gasteiger charge is 2.19. The van der Waals surface area contributed by atoms with Gasteiger partial charge in [0.15, 0.2) is 6.10 Å². The Balaban J connectivity index is 4.43. The molecule has 0 amide bonds. The van der Waals surface area contributed by atoms with Crippen LogP contribution in [0.5, 0.6) is 0 Å². The van der Waals surface area contributed by atoms with Crippen molar-refractivity contribution in [2.24, 2.45) is 0 Å². The number of ether oxygens (including phenoxy) is 3. The molecule has 1 unspecified atom stereocenters. The molecule has 1 atom stereocenters. The largest absolute Gasteiger partial charge is 0.462 e. The number of rotatable bonds is 48. The van der Waals surface area contributed by atoms with Gasteiger partial charge in [0.2, 0.25) is 0 Å². The van der Waals surface area contributed by atoms with Crippen molar-refractivity contribution in [2.75, 3.05) is 13.2 Å². The van der Waals surface area contributed by atoms with Gasteiger partial charge in [-0.15, -0.1) is 0 Å². The number of hydrogen-bond donors (Lipinski definition) is 0. The number of esters is 3. The van der Waals surface area contributed by atoms with E-state index in [-0.39, 0.29) is 37.5 Å². The summed E-state index contributed by atoms with van der Waals surface area (Å²) in [7, 11) is 0. The SMILES string of the molecule is CC\C=C/C=C\C=C/C=C\C=C/CCCC(=O)OCC(COC(=O)CCCCCCCCCCCCCCCCCCCCC)OC(=O)CCCCCCCC/C=C\C=C/CCCCC. The molecule has 0 fully saturated rings. The highest BCUT2D eigenvalue weighted by Crippen LogP contribution is 2.16. The lowest BCUT2D eigenvalue weighted by Gasteiger charge is -2.18. The van der Waals surface area contributed by atoms with E-state index in [1.165, 1.54) is 141 Å². The maximum Gasteiger partial charge on any atom is 0.306 e. The molecule has 0 aliphatic carbocycles. The molecular formula is C59H100O6. The first-order valence-corrected chi connectivity index (χ1v) is 27.2. The molecule has 0 radical (unpaired) electrons. The Labute approximate surface area is 401 Å². The molecule has 372 valence electrons. The van der Waals surface area contributed by atoms with Crippen LogP contribution >= 0.6 is 0 Å². The Morgan fingerprint density at radius 1 is 0.323 bits per heavy atom. The third-order valence-electron chi connectivity index (χ3n) is 11.5. The topological polar surface area (TPSA) is 78.9 Å². The van der Waals surface area contributed by atoms with Crippen LogP contribution in [0.15, 0.2) is 85.1 Å². The van der Waals surface area contributed by atoms with Crippen LogP contribution < -0.4 is 0 Å². The predicted molar refractivity (Wildman–Crippen MR) is 279 cm³/mol. The summed E-state index contributed by atoms with van der Waals surface area (Å²) >= 11 is 0. The van der Waals surface area contributed by atoms with E-state index in [1.54, 1.807) is 0 Å². The van der Waals surface area contributed by atoms with Crippen LogP contribution in [-0.4, -0.2) is 37.2 Å². The number of hydrogen-bond acceptors (Lipinski definition) is 6. The minimum absolute atomic E-state index is 0.102. The van der Waals surface area contributed by atoms with E-state index in [0.29, 0.717) is 19.3 Å². The van der Waals surface area contributed by atoms with E-state index in [2.05, 4.69) is 51.2 Å². The van der Waals surface area contributed by atoms with Crippen LogP contribution in [0.3, 0.4) is 0 Å². The number of carbonyl (C=O) groups excluding carboxylic acids is 3. The highest BCUT2D eigenvalue weighted by atomic mass is 16.6. The molecule has 65 heavy (non-hydrogen) atoms. The number of unbranched alkanes of at least 4 members (excludes halogenated alkanes) is 28. The average Bonchev–Trinajstić information content (AvgIpc) is 3.30. The first-order chi connectivity index (χ1) is 32.0. The zero-order valence-electron chi connectivity index (χ0n) is 42.5. The van der Waals surface area contributed by atoms with Crippen LogP contribution in [0.2, 0.25) is 0 Å². The first kappa shape index (κ1) is 61.6. The molecule has 0 aromatic rings. The summed E-state index contributed by atoms with van der Waals surface area (Å²) in [5.74, 6) is -0.988. The second kappa shape index (κ2) is 53.2. The molecule has 0 aromatic carbocycles. The maximum atomic E-state index is 12.8. The summed E-state index contributed by atoms with van der Waals surface area (Å²) in [6.07, 6.45) is 68.7. The molecule has 0 heterocycles. The molecule has 0 N–H and O–H groups in total. The molecule has 0 saturated heterocycles. The quantitative estimate of drug-likeness (QED) is 0.0262. The van der Waals surface area contributed by atoms with Gasteiger partial charge in [-0.25, -0.2) is 0 Å². The van der Waals surface area contributed by atoms with Gasteiger partial charge in [-0.05, 0) is 57.8 Å². The molecule has 6 nitrogen and oxygen atoms in total.